The molecule has 2 rings (SSSR count). The van der Waals surface area contributed by atoms with Gasteiger partial charge in [0.2, 0.25) is 0 Å². The van der Waals surface area contributed by atoms with Crippen LogP contribution in [0.25, 0.3) is 0 Å². The monoisotopic (exact) mass is 310 g/mol. The van der Waals surface area contributed by atoms with Gasteiger partial charge in [-0.2, -0.15) is 0 Å². The van der Waals surface area contributed by atoms with Crippen LogP contribution >= 0.6 is 27.3 Å². The Balaban J connectivity index is 2.01. The standard InChI is InChI=1S/C13H15BrN2S/c1-9(11-5-3-4-6-12(11)14)15-7-13-10(2)16-8-17-13/h3-6,8-9,15H,7H2,1-2H3/t9-/m1/s1. The first-order chi connectivity index (χ1) is 8.18. The molecule has 0 aliphatic heterocycles. The Labute approximate surface area is 114 Å². The summed E-state index contributed by atoms with van der Waals surface area (Å²) < 4.78 is 1.15. The largest absolute Gasteiger partial charge is 0.305 e. The van der Waals surface area contributed by atoms with Crippen molar-refractivity contribution in [3.8, 4) is 0 Å². The van der Waals surface area contributed by atoms with Crippen LogP contribution in [0.2, 0.25) is 0 Å². The average molecular weight is 311 g/mol. The third kappa shape index (κ3) is 3.15. The minimum atomic E-state index is 0.326. The van der Waals surface area contributed by atoms with Crippen molar-refractivity contribution in [3.63, 3.8) is 0 Å². The molecular weight excluding hydrogens is 296 g/mol. The molecule has 1 N–H and O–H groups in total. The smallest absolute Gasteiger partial charge is 0.0798 e. The van der Waals surface area contributed by atoms with Gasteiger partial charge in [-0.15, -0.1) is 11.3 Å². The Kier molecular flexibility index (Phi) is 4.31. The van der Waals surface area contributed by atoms with Gasteiger partial charge in [0.1, 0.15) is 0 Å². The third-order valence-electron chi connectivity index (χ3n) is 2.79. The van der Waals surface area contributed by atoms with Gasteiger partial charge in [0.25, 0.3) is 0 Å². The molecule has 17 heavy (non-hydrogen) atoms. The first-order valence-corrected chi connectivity index (χ1v) is 7.22. The number of nitrogens with one attached hydrogen (secondary N) is 1. The van der Waals surface area contributed by atoms with Gasteiger partial charge in [-0.05, 0) is 25.5 Å². The lowest BCUT2D eigenvalue weighted by Gasteiger charge is -2.15. The van der Waals surface area contributed by atoms with Crippen LogP contribution in [-0.2, 0) is 6.54 Å². The maximum absolute atomic E-state index is 4.25. The third-order valence-corrected chi connectivity index (χ3v) is 4.44. The van der Waals surface area contributed by atoms with Crippen molar-refractivity contribution in [1.82, 2.24) is 10.3 Å². The molecular formula is C13H15BrN2S. The van der Waals surface area contributed by atoms with E-state index in [2.05, 4.69) is 58.3 Å². The summed E-state index contributed by atoms with van der Waals surface area (Å²) in [6.45, 7) is 5.10. The summed E-state index contributed by atoms with van der Waals surface area (Å²) in [4.78, 5) is 5.56. The Hall–Kier alpha value is -0.710. The molecule has 1 aromatic carbocycles. The lowest BCUT2D eigenvalue weighted by Crippen LogP contribution is -2.18. The number of halogens is 1. The summed E-state index contributed by atoms with van der Waals surface area (Å²) in [6, 6.07) is 8.64. The van der Waals surface area contributed by atoms with E-state index in [1.807, 2.05) is 11.6 Å². The predicted molar refractivity (Wildman–Crippen MR) is 76.2 cm³/mol. The second-order valence-electron chi connectivity index (χ2n) is 3.99. The van der Waals surface area contributed by atoms with E-state index in [9.17, 15) is 0 Å². The number of hydrogen-bond acceptors (Lipinski definition) is 3. The molecule has 2 aromatic rings. The fraction of sp³-hybridized carbons (Fsp3) is 0.308. The fourth-order valence-electron chi connectivity index (χ4n) is 1.68. The van der Waals surface area contributed by atoms with Gasteiger partial charge in [0.15, 0.2) is 0 Å². The molecule has 0 saturated carbocycles. The van der Waals surface area contributed by atoms with Crippen LogP contribution in [0.1, 0.15) is 29.1 Å². The van der Waals surface area contributed by atoms with Crippen molar-refractivity contribution in [2.75, 3.05) is 0 Å². The summed E-state index contributed by atoms with van der Waals surface area (Å²) in [5, 5.41) is 3.52. The van der Waals surface area contributed by atoms with Gasteiger partial charge in [0, 0.05) is 21.9 Å². The fourth-order valence-corrected chi connectivity index (χ4v) is 3.03. The van der Waals surface area contributed by atoms with E-state index in [4.69, 9.17) is 0 Å². The minimum Gasteiger partial charge on any atom is -0.305 e. The van der Waals surface area contributed by atoms with Gasteiger partial charge in [-0.1, -0.05) is 34.1 Å². The van der Waals surface area contributed by atoms with Crippen LogP contribution in [0.5, 0.6) is 0 Å². The van der Waals surface area contributed by atoms with Crippen LogP contribution in [0.4, 0.5) is 0 Å². The molecule has 0 fully saturated rings. The number of aromatic nitrogens is 1. The van der Waals surface area contributed by atoms with Crippen molar-refractivity contribution >= 4 is 27.3 Å². The van der Waals surface area contributed by atoms with E-state index in [1.165, 1.54) is 10.4 Å². The van der Waals surface area contributed by atoms with E-state index in [0.29, 0.717) is 6.04 Å². The molecule has 0 amide bonds. The first-order valence-electron chi connectivity index (χ1n) is 5.55. The molecule has 2 nitrogen and oxygen atoms in total. The van der Waals surface area contributed by atoms with Gasteiger partial charge in [-0.3, -0.25) is 0 Å². The molecule has 0 aliphatic carbocycles. The average Bonchev–Trinajstić information content (AvgIpc) is 2.72. The van der Waals surface area contributed by atoms with Gasteiger partial charge >= 0.3 is 0 Å². The van der Waals surface area contributed by atoms with Crippen molar-refractivity contribution in [2.24, 2.45) is 0 Å². The molecule has 1 heterocycles. The Morgan fingerprint density at radius 1 is 1.41 bits per heavy atom. The molecule has 0 aliphatic rings. The van der Waals surface area contributed by atoms with Crippen LogP contribution < -0.4 is 5.32 Å². The molecule has 0 radical (unpaired) electrons. The van der Waals surface area contributed by atoms with Crippen molar-refractivity contribution in [2.45, 2.75) is 26.4 Å². The zero-order valence-corrected chi connectivity index (χ0v) is 12.3. The number of hydrogen-bond donors (Lipinski definition) is 1. The minimum absolute atomic E-state index is 0.326. The summed E-state index contributed by atoms with van der Waals surface area (Å²) >= 11 is 5.29. The number of benzene rings is 1. The number of thiazole rings is 1. The van der Waals surface area contributed by atoms with Gasteiger partial charge < -0.3 is 5.32 Å². The Morgan fingerprint density at radius 3 is 2.82 bits per heavy atom. The van der Waals surface area contributed by atoms with E-state index in [-0.39, 0.29) is 0 Å². The van der Waals surface area contributed by atoms with Crippen molar-refractivity contribution < 1.29 is 0 Å². The van der Waals surface area contributed by atoms with Crippen LogP contribution in [0, 0.1) is 6.92 Å². The maximum atomic E-state index is 4.25. The Bertz CT molecular complexity index is 496. The zero-order chi connectivity index (χ0) is 12.3. The number of aryl methyl sites for hydroxylation is 1. The highest BCUT2D eigenvalue weighted by molar-refractivity contribution is 9.10. The summed E-state index contributed by atoms with van der Waals surface area (Å²) in [7, 11) is 0. The van der Waals surface area contributed by atoms with Crippen molar-refractivity contribution in [1.29, 1.82) is 0 Å². The van der Waals surface area contributed by atoms with Crippen LogP contribution in [0.15, 0.2) is 34.2 Å². The second kappa shape index (κ2) is 5.76. The summed E-state index contributed by atoms with van der Waals surface area (Å²) in [6.07, 6.45) is 0. The zero-order valence-electron chi connectivity index (χ0n) is 9.90. The highest BCUT2D eigenvalue weighted by atomic mass is 79.9. The van der Waals surface area contributed by atoms with Gasteiger partial charge in [0.05, 0.1) is 11.2 Å². The first kappa shape index (κ1) is 12.7. The maximum Gasteiger partial charge on any atom is 0.0798 e. The molecule has 0 unspecified atom stereocenters. The molecule has 0 spiro atoms. The topological polar surface area (TPSA) is 24.9 Å². The molecule has 4 heteroatoms. The molecule has 1 atom stereocenters. The van der Waals surface area contributed by atoms with Crippen LogP contribution in [-0.4, -0.2) is 4.98 Å². The SMILES string of the molecule is Cc1ncsc1CN[C@H](C)c1ccccc1Br. The van der Waals surface area contributed by atoms with E-state index < -0.39 is 0 Å². The number of nitrogens with zero attached hydrogens (tertiary/aromatic N) is 1. The highest BCUT2D eigenvalue weighted by Crippen LogP contribution is 2.23. The lowest BCUT2D eigenvalue weighted by atomic mass is 10.1. The van der Waals surface area contributed by atoms with Gasteiger partial charge in [-0.25, -0.2) is 4.98 Å². The summed E-state index contributed by atoms with van der Waals surface area (Å²) in [5.41, 5.74) is 4.31. The molecule has 90 valence electrons. The number of rotatable bonds is 4. The Morgan fingerprint density at radius 2 is 2.18 bits per heavy atom. The predicted octanol–water partition coefficient (Wildman–Crippen LogP) is 4.06. The molecule has 0 saturated heterocycles. The summed E-state index contributed by atoms with van der Waals surface area (Å²) in [5.74, 6) is 0. The lowest BCUT2D eigenvalue weighted by molar-refractivity contribution is 0.575. The van der Waals surface area contributed by atoms with E-state index in [0.717, 1.165) is 16.7 Å². The highest BCUT2D eigenvalue weighted by Gasteiger charge is 2.09. The van der Waals surface area contributed by atoms with E-state index in [1.54, 1.807) is 11.3 Å². The van der Waals surface area contributed by atoms with Crippen molar-refractivity contribution in [3.05, 3.63) is 50.4 Å². The molecule has 0 bridgehead atoms. The quantitative estimate of drug-likeness (QED) is 0.921. The second-order valence-corrected chi connectivity index (χ2v) is 5.78. The van der Waals surface area contributed by atoms with E-state index >= 15 is 0 Å². The van der Waals surface area contributed by atoms with Crippen LogP contribution in [0.3, 0.4) is 0 Å². The normalized spacial score (nSPS) is 12.6. The molecule has 1 aromatic heterocycles.